The molecule has 1 unspecified atom stereocenters. The fraction of sp³-hybridized carbons (Fsp3) is 0.647. The van der Waals surface area contributed by atoms with E-state index < -0.39 is 0 Å². The van der Waals surface area contributed by atoms with E-state index in [2.05, 4.69) is 5.32 Å². The van der Waals surface area contributed by atoms with Gasteiger partial charge >= 0.3 is 0 Å². The lowest BCUT2D eigenvalue weighted by atomic mass is 9.76. The molecule has 1 nitrogen and oxygen atoms in total. The number of rotatable bonds is 5. The Hall–Kier alpha value is -0.240. The number of benzene rings is 1. The van der Waals surface area contributed by atoms with Crippen molar-refractivity contribution in [1.82, 2.24) is 5.32 Å². The Balaban J connectivity index is 1.82. The fourth-order valence-corrected chi connectivity index (χ4v) is 4.16. The van der Waals surface area contributed by atoms with Crippen LogP contribution in [0.5, 0.6) is 0 Å². The zero-order valence-electron chi connectivity index (χ0n) is 11.9. The van der Waals surface area contributed by atoms with E-state index in [9.17, 15) is 0 Å². The molecule has 1 aromatic rings. The summed E-state index contributed by atoms with van der Waals surface area (Å²) < 4.78 is 0. The first-order valence-corrected chi connectivity index (χ1v) is 8.68. The van der Waals surface area contributed by atoms with Crippen molar-refractivity contribution >= 4 is 23.2 Å². The molecule has 0 radical (unpaired) electrons. The molecule has 0 heterocycles. The number of nitrogens with one attached hydrogen (secondary N) is 1. The van der Waals surface area contributed by atoms with Crippen molar-refractivity contribution in [2.45, 2.75) is 56.9 Å². The average molecular weight is 312 g/mol. The van der Waals surface area contributed by atoms with Crippen LogP contribution in [0.4, 0.5) is 0 Å². The summed E-state index contributed by atoms with van der Waals surface area (Å²) in [6.07, 6.45) is 9.38. The third-order valence-electron chi connectivity index (χ3n) is 4.79. The highest BCUT2D eigenvalue weighted by atomic mass is 35.5. The van der Waals surface area contributed by atoms with Gasteiger partial charge < -0.3 is 5.32 Å². The van der Waals surface area contributed by atoms with Crippen molar-refractivity contribution in [2.24, 2.45) is 5.92 Å². The highest BCUT2D eigenvalue weighted by Gasteiger charge is 2.30. The van der Waals surface area contributed by atoms with Crippen LogP contribution in [0.1, 0.15) is 56.4 Å². The maximum Gasteiger partial charge on any atom is 0.0456 e. The number of halogens is 2. The average Bonchev–Trinajstić information content (AvgIpc) is 3.27. The van der Waals surface area contributed by atoms with Crippen LogP contribution in [0.3, 0.4) is 0 Å². The minimum absolute atomic E-state index is 0.470. The monoisotopic (exact) mass is 311 g/mol. The van der Waals surface area contributed by atoms with E-state index in [0.29, 0.717) is 5.92 Å². The van der Waals surface area contributed by atoms with Crippen LogP contribution in [-0.4, -0.2) is 12.6 Å². The van der Waals surface area contributed by atoms with Crippen molar-refractivity contribution in [1.29, 1.82) is 0 Å². The van der Waals surface area contributed by atoms with Crippen molar-refractivity contribution < 1.29 is 0 Å². The van der Waals surface area contributed by atoms with Crippen molar-refractivity contribution in [3.8, 4) is 0 Å². The van der Waals surface area contributed by atoms with Crippen molar-refractivity contribution in [3.63, 3.8) is 0 Å². The molecule has 1 N–H and O–H groups in total. The molecule has 3 heteroatoms. The van der Waals surface area contributed by atoms with Crippen LogP contribution in [0.2, 0.25) is 10.0 Å². The summed E-state index contributed by atoms with van der Waals surface area (Å²) in [7, 11) is 0. The van der Waals surface area contributed by atoms with E-state index in [1.54, 1.807) is 0 Å². The molecular weight excluding hydrogens is 289 g/mol. The minimum Gasteiger partial charge on any atom is -0.313 e. The predicted molar refractivity (Wildman–Crippen MR) is 86.8 cm³/mol. The van der Waals surface area contributed by atoms with Crippen molar-refractivity contribution in [2.75, 3.05) is 6.54 Å². The molecule has 2 aliphatic carbocycles. The largest absolute Gasteiger partial charge is 0.313 e. The molecule has 1 atom stereocenters. The Morgan fingerprint density at radius 3 is 2.25 bits per heavy atom. The van der Waals surface area contributed by atoms with Gasteiger partial charge in [-0.25, -0.2) is 0 Å². The molecule has 0 amide bonds. The third kappa shape index (κ3) is 3.50. The molecule has 2 fully saturated rings. The van der Waals surface area contributed by atoms with Gasteiger partial charge in [0.1, 0.15) is 0 Å². The quantitative estimate of drug-likeness (QED) is 0.766. The number of hydrogen-bond acceptors (Lipinski definition) is 1. The Morgan fingerprint density at radius 2 is 1.65 bits per heavy atom. The lowest BCUT2D eigenvalue weighted by Gasteiger charge is -2.32. The van der Waals surface area contributed by atoms with Crippen molar-refractivity contribution in [3.05, 3.63) is 33.8 Å². The van der Waals surface area contributed by atoms with Crippen LogP contribution in [0, 0.1) is 5.92 Å². The fourth-order valence-electron chi connectivity index (χ4n) is 3.49. The van der Waals surface area contributed by atoms with Gasteiger partial charge in [-0.2, -0.15) is 0 Å². The summed E-state index contributed by atoms with van der Waals surface area (Å²) in [5, 5.41) is 5.37. The molecule has 2 aliphatic rings. The molecule has 2 saturated carbocycles. The van der Waals surface area contributed by atoms with E-state index in [-0.39, 0.29) is 0 Å². The minimum atomic E-state index is 0.470. The zero-order chi connectivity index (χ0) is 13.9. The molecule has 0 saturated heterocycles. The summed E-state index contributed by atoms with van der Waals surface area (Å²) in [4.78, 5) is 0. The molecule has 110 valence electrons. The molecule has 0 bridgehead atoms. The Bertz CT molecular complexity index is 430. The normalized spacial score (nSPS) is 21.9. The first kappa shape index (κ1) is 14.7. The Kier molecular flexibility index (Phi) is 4.91. The standard InChI is InChI=1S/C17H23Cl2N/c18-15-7-4-8-16(19)17(15)14(11-20-13-9-10-13)12-5-2-1-3-6-12/h4,7-8,12-14,20H,1-3,5-6,9-11H2. The topological polar surface area (TPSA) is 12.0 Å². The molecule has 0 spiro atoms. The molecule has 0 aromatic heterocycles. The van der Waals surface area contributed by atoms with Gasteiger partial charge in [-0.05, 0) is 49.3 Å². The number of hydrogen-bond donors (Lipinski definition) is 1. The van der Waals surface area contributed by atoms with Gasteiger partial charge in [0.25, 0.3) is 0 Å². The SMILES string of the molecule is Clc1cccc(Cl)c1C(CNC1CC1)C1CCCCC1. The molecule has 0 aliphatic heterocycles. The first-order chi connectivity index (χ1) is 9.75. The van der Waals surface area contributed by atoms with E-state index >= 15 is 0 Å². The van der Waals surface area contributed by atoms with E-state index in [1.807, 2.05) is 18.2 Å². The van der Waals surface area contributed by atoms with Gasteiger partial charge in [0.05, 0.1) is 0 Å². The molecular formula is C17H23Cl2N. The maximum absolute atomic E-state index is 6.46. The van der Waals surface area contributed by atoms with E-state index in [4.69, 9.17) is 23.2 Å². The Labute approximate surface area is 132 Å². The second-order valence-electron chi connectivity index (χ2n) is 6.32. The first-order valence-electron chi connectivity index (χ1n) is 7.93. The van der Waals surface area contributed by atoms with Gasteiger partial charge in [0.15, 0.2) is 0 Å². The summed E-state index contributed by atoms with van der Waals surface area (Å²) in [6.45, 7) is 1.03. The third-order valence-corrected chi connectivity index (χ3v) is 5.45. The second kappa shape index (κ2) is 6.68. The molecule has 1 aromatic carbocycles. The van der Waals surface area contributed by atoms with Gasteiger partial charge in [-0.15, -0.1) is 0 Å². The highest BCUT2D eigenvalue weighted by Crippen LogP contribution is 2.41. The van der Waals surface area contributed by atoms with Gasteiger partial charge in [0, 0.05) is 28.5 Å². The van der Waals surface area contributed by atoms with Gasteiger partial charge in [-0.1, -0.05) is 48.5 Å². The second-order valence-corrected chi connectivity index (χ2v) is 7.14. The van der Waals surface area contributed by atoms with Crippen LogP contribution in [0.25, 0.3) is 0 Å². The van der Waals surface area contributed by atoms with Crippen LogP contribution >= 0.6 is 23.2 Å². The van der Waals surface area contributed by atoms with Crippen LogP contribution in [0.15, 0.2) is 18.2 Å². The van der Waals surface area contributed by atoms with E-state index in [0.717, 1.165) is 28.5 Å². The van der Waals surface area contributed by atoms with Crippen LogP contribution in [-0.2, 0) is 0 Å². The zero-order valence-corrected chi connectivity index (χ0v) is 13.4. The molecule has 20 heavy (non-hydrogen) atoms. The van der Waals surface area contributed by atoms with Gasteiger partial charge in [-0.3, -0.25) is 0 Å². The molecule has 3 rings (SSSR count). The van der Waals surface area contributed by atoms with Crippen LogP contribution < -0.4 is 5.32 Å². The summed E-state index contributed by atoms with van der Waals surface area (Å²) >= 11 is 12.9. The summed E-state index contributed by atoms with van der Waals surface area (Å²) in [5.74, 6) is 1.20. The lowest BCUT2D eigenvalue weighted by Crippen LogP contribution is -2.29. The lowest BCUT2D eigenvalue weighted by molar-refractivity contribution is 0.296. The highest BCUT2D eigenvalue weighted by molar-refractivity contribution is 6.36. The Morgan fingerprint density at radius 1 is 1.00 bits per heavy atom. The summed E-state index contributed by atoms with van der Waals surface area (Å²) in [5.41, 5.74) is 1.18. The smallest absolute Gasteiger partial charge is 0.0456 e. The maximum atomic E-state index is 6.46. The summed E-state index contributed by atoms with van der Waals surface area (Å²) in [6, 6.07) is 6.65. The van der Waals surface area contributed by atoms with E-state index in [1.165, 1.54) is 50.5 Å². The van der Waals surface area contributed by atoms with Gasteiger partial charge in [0.2, 0.25) is 0 Å². The predicted octanol–water partition coefficient (Wildman–Crippen LogP) is 5.41.